The third-order valence-electron chi connectivity index (χ3n) is 3.83. The number of benzene rings is 2. The van der Waals surface area contributed by atoms with Crippen molar-refractivity contribution in [3.63, 3.8) is 0 Å². The molecule has 2 rings (SSSR count). The second kappa shape index (κ2) is 8.15. The molecule has 0 radical (unpaired) electrons. The van der Waals surface area contributed by atoms with Gasteiger partial charge in [-0.15, -0.1) is 0 Å². The highest BCUT2D eigenvalue weighted by atomic mass is 16.6. The molecule has 10 nitrogen and oxygen atoms in total. The van der Waals surface area contributed by atoms with E-state index >= 15 is 0 Å². The van der Waals surface area contributed by atoms with E-state index < -0.39 is 40.4 Å². The number of non-ortho nitro benzene ring substituents is 1. The lowest BCUT2D eigenvalue weighted by Crippen LogP contribution is -2.52. The van der Waals surface area contributed by atoms with Crippen molar-refractivity contribution in [2.75, 3.05) is 0 Å². The van der Waals surface area contributed by atoms with Crippen LogP contribution in [0.1, 0.15) is 15.9 Å². The van der Waals surface area contributed by atoms with Crippen molar-refractivity contribution in [2.24, 2.45) is 5.73 Å². The Hall–Kier alpha value is -3.66. The number of nitrogens with one attached hydrogen (secondary N) is 1. The molecule has 0 fully saturated rings. The number of aliphatic hydroxyl groups excluding tert-OH is 1. The van der Waals surface area contributed by atoms with E-state index in [9.17, 15) is 35.0 Å². The number of primary amides is 1. The monoisotopic (exact) mass is 375 g/mol. The number of amides is 2. The number of hydrogen-bond acceptors (Lipinski definition) is 7. The molecule has 0 spiro atoms. The molecule has 10 heteroatoms. The molecule has 0 heterocycles. The number of phenolic OH excluding ortho intramolecular Hbond substituents is 2. The van der Waals surface area contributed by atoms with Crippen LogP contribution in [0, 0.1) is 10.1 Å². The summed E-state index contributed by atoms with van der Waals surface area (Å²) in [5, 5.41) is 42.3. The predicted octanol–water partition coefficient (Wildman–Crippen LogP) is 0.193. The number of aromatic hydroxyl groups is 2. The first-order valence-electron chi connectivity index (χ1n) is 7.73. The van der Waals surface area contributed by atoms with E-state index in [1.165, 1.54) is 42.5 Å². The molecule has 27 heavy (non-hydrogen) atoms. The third kappa shape index (κ3) is 4.70. The summed E-state index contributed by atoms with van der Waals surface area (Å²) in [6.45, 7) is 0. The van der Waals surface area contributed by atoms with Gasteiger partial charge in [-0.05, 0) is 17.7 Å². The van der Waals surface area contributed by atoms with Gasteiger partial charge < -0.3 is 26.4 Å². The van der Waals surface area contributed by atoms with Crippen LogP contribution in [0.2, 0.25) is 0 Å². The number of hydrogen-bond donors (Lipinski definition) is 5. The molecular weight excluding hydrogens is 358 g/mol. The van der Waals surface area contributed by atoms with Crippen LogP contribution in [0.3, 0.4) is 0 Å². The lowest BCUT2D eigenvalue weighted by Gasteiger charge is -2.21. The number of carbonyl (C=O) groups excluding carboxylic acids is 2. The fourth-order valence-corrected chi connectivity index (χ4v) is 2.40. The first-order valence-corrected chi connectivity index (χ1v) is 7.73. The first-order chi connectivity index (χ1) is 12.7. The molecule has 2 aromatic rings. The summed E-state index contributed by atoms with van der Waals surface area (Å²) in [6, 6.07) is 7.50. The van der Waals surface area contributed by atoms with Crippen molar-refractivity contribution < 1.29 is 29.8 Å². The zero-order valence-corrected chi connectivity index (χ0v) is 13.9. The third-order valence-corrected chi connectivity index (χ3v) is 3.83. The van der Waals surface area contributed by atoms with Crippen LogP contribution < -0.4 is 11.1 Å². The fourth-order valence-electron chi connectivity index (χ4n) is 2.40. The normalized spacial score (nSPS) is 12.8. The summed E-state index contributed by atoms with van der Waals surface area (Å²) in [6.07, 6.45) is -1.54. The fraction of sp³-hybridized carbons (Fsp3) is 0.176. The van der Waals surface area contributed by atoms with Crippen LogP contribution in [0.15, 0.2) is 42.5 Å². The maximum atomic E-state index is 12.2. The van der Waals surface area contributed by atoms with E-state index in [4.69, 9.17) is 5.73 Å². The molecule has 0 aromatic heterocycles. The molecular formula is C17H17N3O7. The molecule has 6 N–H and O–H groups in total. The maximum Gasteiger partial charge on any atom is 0.269 e. The Morgan fingerprint density at radius 3 is 2.33 bits per heavy atom. The summed E-state index contributed by atoms with van der Waals surface area (Å²) in [7, 11) is 0. The van der Waals surface area contributed by atoms with E-state index in [0.29, 0.717) is 5.56 Å². The number of phenols is 2. The van der Waals surface area contributed by atoms with Gasteiger partial charge in [0.25, 0.3) is 11.6 Å². The predicted molar refractivity (Wildman–Crippen MR) is 93.0 cm³/mol. The Morgan fingerprint density at radius 2 is 1.78 bits per heavy atom. The second-order valence-corrected chi connectivity index (χ2v) is 5.72. The van der Waals surface area contributed by atoms with Crippen LogP contribution in [0.5, 0.6) is 11.5 Å². The maximum absolute atomic E-state index is 12.2. The molecule has 0 unspecified atom stereocenters. The molecule has 0 bridgehead atoms. The summed E-state index contributed by atoms with van der Waals surface area (Å²) >= 11 is 0. The number of aliphatic hydroxyl groups is 1. The Balaban J connectivity index is 2.14. The van der Waals surface area contributed by atoms with Crippen LogP contribution in [0.25, 0.3) is 0 Å². The van der Waals surface area contributed by atoms with Gasteiger partial charge >= 0.3 is 0 Å². The minimum Gasteiger partial charge on any atom is -0.504 e. The molecule has 0 saturated carbocycles. The largest absolute Gasteiger partial charge is 0.504 e. The van der Waals surface area contributed by atoms with Crippen LogP contribution in [-0.4, -0.2) is 44.2 Å². The van der Waals surface area contributed by atoms with Crippen molar-refractivity contribution >= 4 is 17.5 Å². The van der Waals surface area contributed by atoms with Gasteiger partial charge in [-0.2, -0.15) is 0 Å². The van der Waals surface area contributed by atoms with Crippen molar-refractivity contribution in [3.05, 3.63) is 63.7 Å². The minimum absolute atomic E-state index is 0.113. The van der Waals surface area contributed by atoms with E-state index in [2.05, 4.69) is 5.32 Å². The lowest BCUT2D eigenvalue weighted by atomic mass is 10.0. The quantitative estimate of drug-likeness (QED) is 0.260. The highest BCUT2D eigenvalue weighted by Gasteiger charge is 2.28. The van der Waals surface area contributed by atoms with Gasteiger partial charge in [0.1, 0.15) is 6.04 Å². The van der Waals surface area contributed by atoms with E-state index in [1.807, 2.05) is 0 Å². The number of nitrogens with two attached hydrogens (primary N) is 1. The van der Waals surface area contributed by atoms with Gasteiger partial charge in [-0.1, -0.05) is 18.2 Å². The number of carbonyl (C=O) groups is 2. The molecule has 142 valence electrons. The first kappa shape index (κ1) is 19.7. The van der Waals surface area contributed by atoms with Gasteiger partial charge in [0.15, 0.2) is 11.5 Å². The minimum atomic E-state index is -1.49. The topological polar surface area (TPSA) is 176 Å². The van der Waals surface area contributed by atoms with Gasteiger partial charge in [-0.25, -0.2) is 0 Å². The SMILES string of the molecule is NC(=O)[C@@H](NC(=O)c1cccc(O)c1O)[C@H](O)Cc1ccc([N+](=O)[O-])cc1. The standard InChI is InChI=1S/C17H17N3O7/c18-16(24)14(19-17(25)11-2-1-3-12(21)15(11)23)13(22)8-9-4-6-10(7-5-9)20(26)27/h1-7,13-14,21-23H,8H2,(H2,18,24)(H,19,25)/t13-,14+/m1/s1. The molecule has 0 aliphatic carbocycles. The van der Waals surface area contributed by atoms with Crippen molar-refractivity contribution in [3.8, 4) is 11.5 Å². The molecule has 0 aliphatic heterocycles. The Morgan fingerprint density at radius 1 is 1.15 bits per heavy atom. The number of nitro benzene ring substituents is 1. The second-order valence-electron chi connectivity index (χ2n) is 5.72. The summed E-state index contributed by atoms with van der Waals surface area (Å²) in [5.41, 5.74) is 5.28. The summed E-state index contributed by atoms with van der Waals surface area (Å²) in [4.78, 5) is 33.9. The molecule has 0 aliphatic rings. The zero-order chi connectivity index (χ0) is 20.1. The average Bonchev–Trinajstić information content (AvgIpc) is 2.61. The summed E-state index contributed by atoms with van der Waals surface area (Å²) < 4.78 is 0. The van der Waals surface area contributed by atoms with Crippen LogP contribution in [0.4, 0.5) is 5.69 Å². The van der Waals surface area contributed by atoms with Crippen molar-refractivity contribution in [1.82, 2.24) is 5.32 Å². The van der Waals surface area contributed by atoms with Crippen LogP contribution in [-0.2, 0) is 11.2 Å². The van der Waals surface area contributed by atoms with Crippen molar-refractivity contribution in [2.45, 2.75) is 18.6 Å². The van der Waals surface area contributed by atoms with E-state index in [0.717, 1.165) is 0 Å². The van der Waals surface area contributed by atoms with Gasteiger partial charge in [0, 0.05) is 18.6 Å². The zero-order valence-electron chi connectivity index (χ0n) is 13.9. The number of nitrogens with zero attached hydrogens (tertiary/aromatic N) is 1. The number of nitro groups is 1. The number of para-hydroxylation sites is 1. The highest BCUT2D eigenvalue weighted by Crippen LogP contribution is 2.28. The van der Waals surface area contributed by atoms with Crippen LogP contribution >= 0.6 is 0 Å². The van der Waals surface area contributed by atoms with Crippen molar-refractivity contribution in [1.29, 1.82) is 0 Å². The lowest BCUT2D eigenvalue weighted by molar-refractivity contribution is -0.384. The summed E-state index contributed by atoms with van der Waals surface area (Å²) in [5.74, 6) is -3.14. The van der Waals surface area contributed by atoms with E-state index in [1.54, 1.807) is 0 Å². The van der Waals surface area contributed by atoms with Gasteiger partial charge in [-0.3, -0.25) is 19.7 Å². The smallest absolute Gasteiger partial charge is 0.269 e. The Bertz CT molecular complexity index is 867. The molecule has 2 atom stereocenters. The molecule has 2 amide bonds. The molecule has 2 aromatic carbocycles. The van der Waals surface area contributed by atoms with Gasteiger partial charge in [0.2, 0.25) is 5.91 Å². The van der Waals surface area contributed by atoms with Gasteiger partial charge in [0.05, 0.1) is 16.6 Å². The van der Waals surface area contributed by atoms with E-state index in [-0.39, 0.29) is 17.7 Å². The average molecular weight is 375 g/mol. The number of rotatable bonds is 7. The molecule has 0 saturated heterocycles. The Kier molecular flexibility index (Phi) is 5.93. The Labute approximate surface area is 153 Å². The highest BCUT2D eigenvalue weighted by molar-refractivity contribution is 6.00.